The Hall–Kier alpha value is -2.98. The van der Waals surface area contributed by atoms with Crippen LogP contribution in [0.4, 0.5) is 4.39 Å². The van der Waals surface area contributed by atoms with Crippen molar-refractivity contribution in [2.45, 2.75) is 0 Å². The Kier molecular flexibility index (Phi) is 5.09. The highest BCUT2D eigenvalue weighted by atomic mass is 127. The van der Waals surface area contributed by atoms with E-state index in [1.165, 1.54) is 48.7 Å². The minimum atomic E-state index is -0.211. The lowest BCUT2D eigenvalue weighted by Crippen LogP contribution is -1.83. The molecule has 0 N–H and O–H groups in total. The molecule has 0 saturated carbocycles. The first-order chi connectivity index (χ1) is 14.7. The van der Waals surface area contributed by atoms with Crippen LogP contribution in [0, 0.1) is 9.39 Å². The minimum Gasteiger partial charge on any atom is -0.207 e. The zero-order chi connectivity index (χ0) is 20.5. The van der Waals surface area contributed by atoms with E-state index < -0.39 is 0 Å². The molecule has 144 valence electrons. The molecule has 0 aliphatic rings. The van der Waals surface area contributed by atoms with E-state index in [9.17, 15) is 4.39 Å². The molecule has 0 radical (unpaired) electrons. The Morgan fingerprint density at radius 2 is 0.733 bits per heavy atom. The maximum atomic E-state index is 13.2. The second kappa shape index (κ2) is 8.04. The van der Waals surface area contributed by atoms with Crippen molar-refractivity contribution >= 4 is 33.4 Å². The summed E-state index contributed by atoms with van der Waals surface area (Å²) in [6.45, 7) is 0. The number of hydrogen-bond acceptors (Lipinski definition) is 0. The third-order valence-corrected chi connectivity index (χ3v) is 6.13. The first kappa shape index (κ1) is 19.0. The summed E-state index contributed by atoms with van der Waals surface area (Å²) in [5, 5.41) is 2.37. The van der Waals surface area contributed by atoms with Crippen LogP contribution in [0.15, 0.2) is 109 Å². The summed E-state index contributed by atoms with van der Waals surface area (Å²) in [5.41, 5.74) is 6.97. The average Bonchev–Trinajstić information content (AvgIpc) is 2.79. The van der Waals surface area contributed by atoms with Gasteiger partial charge in [0, 0.05) is 3.57 Å². The fourth-order valence-corrected chi connectivity index (χ4v) is 4.10. The number of benzene rings is 5. The topological polar surface area (TPSA) is 0 Å². The average molecular weight is 500 g/mol. The maximum Gasteiger partial charge on any atom is 0.123 e. The highest BCUT2D eigenvalue weighted by Crippen LogP contribution is 2.30. The Balaban J connectivity index is 1.45. The number of halogens is 2. The van der Waals surface area contributed by atoms with E-state index in [4.69, 9.17) is 0 Å². The molecule has 0 spiro atoms. The van der Waals surface area contributed by atoms with Crippen molar-refractivity contribution in [1.29, 1.82) is 0 Å². The molecule has 5 aromatic carbocycles. The molecule has 0 nitrogen and oxygen atoms in total. The molecule has 0 aromatic heterocycles. The van der Waals surface area contributed by atoms with Crippen LogP contribution < -0.4 is 0 Å². The molecule has 0 unspecified atom stereocenters. The van der Waals surface area contributed by atoms with Crippen LogP contribution in [0.25, 0.3) is 44.2 Å². The van der Waals surface area contributed by atoms with Gasteiger partial charge in [0.25, 0.3) is 0 Å². The fraction of sp³-hybridized carbons (Fsp3) is 0. The van der Waals surface area contributed by atoms with Gasteiger partial charge in [-0.05, 0) is 103 Å². The van der Waals surface area contributed by atoms with Crippen LogP contribution in [-0.4, -0.2) is 0 Å². The zero-order valence-corrected chi connectivity index (χ0v) is 18.3. The number of fused-ring (bicyclic) bond motifs is 1. The zero-order valence-electron chi connectivity index (χ0n) is 16.1. The molecule has 2 heteroatoms. The number of rotatable bonds is 3. The van der Waals surface area contributed by atoms with Gasteiger partial charge in [-0.2, -0.15) is 0 Å². The Bertz CT molecular complexity index is 1320. The predicted octanol–water partition coefficient (Wildman–Crippen LogP) is 8.58. The van der Waals surface area contributed by atoms with Crippen LogP contribution in [0.2, 0.25) is 0 Å². The minimum absolute atomic E-state index is 0.211. The van der Waals surface area contributed by atoms with Gasteiger partial charge in [-0.1, -0.05) is 72.8 Å². The normalized spacial score (nSPS) is 11.0. The van der Waals surface area contributed by atoms with Gasteiger partial charge in [0.1, 0.15) is 5.82 Å². The van der Waals surface area contributed by atoms with Gasteiger partial charge < -0.3 is 0 Å². The summed E-state index contributed by atoms with van der Waals surface area (Å²) >= 11 is 2.33. The van der Waals surface area contributed by atoms with Crippen molar-refractivity contribution < 1.29 is 4.39 Å². The van der Waals surface area contributed by atoms with Crippen LogP contribution in [0.3, 0.4) is 0 Å². The lowest BCUT2D eigenvalue weighted by Gasteiger charge is -2.08. The Labute approximate surface area is 189 Å². The predicted molar refractivity (Wildman–Crippen MR) is 133 cm³/mol. The van der Waals surface area contributed by atoms with Gasteiger partial charge in [-0.25, -0.2) is 4.39 Å². The summed E-state index contributed by atoms with van der Waals surface area (Å²) in [5.74, 6) is -0.211. The third kappa shape index (κ3) is 3.88. The molecule has 0 aliphatic heterocycles. The molecule has 0 bridgehead atoms. The molecule has 30 heavy (non-hydrogen) atoms. The summed E-state index contributed by atoms with van der Waals surface area (Å²) in [6, 6.07) is 36.9. The van der Waals surface area contributed by atoms with Crippen molar-refractivity contribution in [1.82, 2.24) is 0 Å². The summed E-state index contributed by atoms with van der Waals surface area (Å²) in [7, 11) is 0. The van der Waals surface area contributed by atoms with E-state index in [2.05, 4.69) is 108 Å². The van der Waals surface area contributed by atoms with Crippen LogP contribution >= 0.6 is 22.6 Å². The molecule has 0 aliphatic carbocycles. The van der Waals surface area contributed by atoms with Gasteiger partial charge >= 0.3 is 0 Å². The Morgan fingerprint density at radius 3 is 1.20 bits per heavy atom. The molecular formula is C28H18FI. The molecule has 0 amide bonds. The largest absolute Gasteiger partial charge is 0.207 e. The number of hydrogen-bond donors (Lipinski definition) is 0. The van der Waals surface area contributed by atoms with Gasteiger partial charge in [0.15, 0.2) is 0 Å². The van der Waals surface area contributed by atoms with Crippen molar-refractivity contribution in [2.24, 2.45) is 0 Å². The highest BCUT2D eigenvalue weighted by Gasteiger charge is 2.04. The van der Waals surface area contributed by atoms with Crippen molar-refractivity contribution in [3.8, 4) is 33.4 Å². The summed E-state index contributed by atoms with van der Waals surface area (Å²) in [4.78, 5) is 0. The highest BCUT2D eigenvalue weighted by molar-refractivity contribution is 14.1. The van der Waals surface area contributed by atoms with Crippen molar-refractivity contribution in [3.63, 3.8) is 0 Å². The lowest BCUT2D eigenvalue weighted by atomic mass is 9.96. The maximum absolute atomic E-state index is 13.2. The van der Waals surface area contributed by atoms with Crippen LogP contribution in [-0.2, 0) is 0 Å². The molecule has 0 heterocycles. The van der Waals surface area contributed by atoms with Crippen LogP contribution in [0.5, 0.6) is 0 Å². The standard InChI is InChI=1S/C28H18FI/c29-27-13-9-22(10-14-27)24-6-8-25-17-23(5-7-26(25)18-24)21-3-1-19(2-4-21)20-11-15-28(30)16-12-20/h1-18H. The second-order valence-corrected chi connectivity index (χ2v) is 8.61. The van der Waals surface area contributed by atoms with Gasteiger partial charge in [0.05, 0.1) is 0 Å². The summed E-state index contributed by atoms with van der Waals surface area (Å²) in [6.07, 6.45) is 0. The second-order valence-electron chi connectivity index (χ2n) is 7.37. The SMILES string of the molecule is Fc1ccc(-c2ccc3cc(-c4ccc(-c5ccc(I)cc5)cc4)ccc3c2)cc1. The van der Waals surface area contributed by atoms with Crippen molar-refractivity contribution in [2.75, 3.05) is 0 Å². The molecule has 5 aromatic rings. The Morgan fingerprint density at radius 1 is 0.400 bits per heavy atom. The molecule has 5 rings (SSSR count). The van der Waals surface area contributed by atoms with E-state index in [0.717, 1.165) is 11.1 Å². The van der Waals surface area contributed by atoms with E-state index >= 15 is 0 Å². The van der Waals surface area contributed by atoms with Crippen LogP contribution in [0.1, 0.15) is 0 Å². The van der Waals surface area contributed by atoms with Crippen molar-refractivity contribution in [3.05, 3.63) is 119 Å². The van der Waals surface area contributed by atoms with E-state index in [1.54, 1.807) is 0 Å². The molecular weight excluding hydrogens is 482 g/mol. The monoisotopic (exact) mass is 500 g/mol. The van der Waals surface area contributed by atoms with Gasteiger partial charge in [0.2, 0.25) is 0 Å². The first-order valence-electron chi connectivity index (χ1n) is 9.82. The van der Waals surface area contributed by atoms with E-state index in [0.29, 0.717) is 0 Å². The quantitative estimate of drug-likeness (QED) is 0.218. The smallest absolute Gasteiger partial charge is 0.123 e. The van der Waals surface area contributed by atoms with Gasteiger partial charge in [-0.15, -0.1) is 0 Å². The first-order valence-corrected chi connectivity index (χ1v) is 10.9. The third-order valence-electron chi connectivity index (χ3n) is 5.41. The summed E-state index contributed by atoms with van der Waals surface area (Å²) < 4.78 is 14.4. The molecule has 0 saturated heterocycles. The van der Waals surface area contributed by atoms with E-state index in [-0.39, 0.29) is 5.82 Å². The molecule has 0 atom stereocenters. The molecule has 0 fully saturated rings. The van der Waals surface area contributed by atoms with Gasteiger partial charge in [-0.3, -0.25) is 0 Å². The van der Waals surface area contributed by atoms with E-state index in [1.807, 2.05) is 12.1 Å². The lowest BCUT2D eigenvalue weighted by molar-refractivity contribution is 0.628. The fourth-order valence-electron chi connectivity index (χ4n) is 3.74.